The van der Waals surface area contributed by atoms with Crippen LogP contribution in [0.25, 0.3) is 0 Å². The minimum Gasteiger partial charge on any atom is -0.488 e. The van der Waals surface area contributed by atoms with Gasteiger partial charge in [-0.2, -0.15) is 0 Å². The van der Waals surface area contributed by atoms with Gasteiger partial charge in [0.15, 0.2) is 0 Å². The molecule has 26 heavy (non-hydrogen) atoms. The van der Waals surface area contributed by atoms with Gasteiger partial charge in [0.05, 0.1) is 0 Å². The Morgan fingerprint density at radius 1 is 1.00 bits per heavy atom. The van der Waals surface area contributed by atoms with Crippen LogP contribution in [-0.2, 0) is 13.2 Å². The molecular formula is C23H30FNO. The lowest BCUT2D eigenvalue weighted by Crippen LogP contribution is -2.28. The summed E-state index contributed by atoms with van der Waals surface area (Å²) in [5.41, 5.74) is 1.71. The molecule has 0 saturated heterocycles. The lowest BCUT2D eigenvalue weighted by Gasteiger charge is -2.25. The zero-order valence-corrected chi connectivity index (χ0v) is 15.7. The average Bonchev–Trinajstić information content (AvgIpc) is 2.67. The number of para-hydroxylation sites is 1. The Kier molecular flexibility index (Phi) is 7.07. The van der Waals surface area contributed by atoms with Crippen LogP contribution in [0.15, 0.2) is 48.5 Å². The number of hydrogen-bond acceptors (Lipinski definition) is 2. The molecule has 3 heteroatoms. The quantitative estimate of drug-likeness (QED) is 0.641. The van der Waals surface area contributed by atoms with Crippen LogP contribution in [0, 0.1) is 11.7 Å². The fourth-order valence-corrected chi connectivity index (χ4v) is 3.85. The molecule has 0 heterocycles. The van der Waals surface area contributed by atoms with Gasteiger partial charge in [-0.05, 0) is 31.4 Å². The van der Waals surface area contributed by atoms with Crippen LogP contribution in [0.5, 0.6) is 5.75 Å². The molecule has 1 fully saturated rings. The second-order valence-electron chi connectivity index (χ2n) is 7.51. The third-order valence-corrected chi connectivity index (χ3v) is 5.37. The molecule has 1 N–H and O–H groups in total. The second kappa shape index (κ2) is 9.72. The van der Waals surface area contributed by atoms with Gasteiger partial charge < -0.3 is 10.1 Å². The lowest BCUT2D eigenvalue weighted by atomic mass is 9.85. The summed E-state index contributed by atoms with van der Waals surface area (Å²) in [5.74, 6) is 1.48. The third-order valence-electron chi connectivity index (χ3n) is 5.37. The summed E-state index contributed by atoms with van der Waals surface area (Å²) in [4.78, 5) is 0. The van der Waals surface area contributed by atoms with E-state index in [1.54, 1.807) is 12.1 Å². The molecule has 0 spiro atoms. The van der Waals surface area contributed by atoms with Crippen LogP contribution in [0.1, 0.15) is 56.6 Å². The Morgan fingerprint density at radius 3 is 2.46 bits per heavy atom. The summed E-state index contributed by atoms with van der Waals surface area (Å²) in [5, 5.41) is 3.64. The molecule has 1 aliphatic rings. The van der Waals surface area contributed by atoms with Gasteiger partial charge in [0, 0.05) is 23.7 Å². The number of benzene rings is 2. The minimum absolute atomic E-state index is 0.218. The van der Waals surface area contributed by atoms with Gasteiger partial charge in [-0.15, -0.1) is 0 Å². The van der Waals surface area contributed by atoms with Crippen molar-refractivity contribution in [3.8, 4) is 5.75 Å². The standard InChI is InChI=1S/C23H30FNO/c1-18(15-19-9-3-2-4-10-19)25-16-20-11-6-8-14-23(20)26-17-21-12-5-7-13-22(21)24/h5-8,11-14,18-19,25H,2-4,9-10,15-17H2,1H3. The van der Waals surface area contributed by atoms with Crippen LogP contribution in [0.2, 0.25) is 0 Å². The van der Waals surface area contributed by atoms with Gasteiger partial charge in [-0.25, -0.2) is 4.39 Å². The molecule has 1 unspecified atom stereocenters. The summed E-state index contributed by atoms with van der Waals surface area (Å²) in [7, 11) is 0. The van der Waals surface area contributed by atoms with E-state index < -0.39 is 0 Å². The fraction of sp³-hybridized carbons (Fsp3) is 0.478. The lowest BCUT2D eigenvalue weighted by molar-refractivity contribution is 0.291. The summed E-state index contributed by atoms with van der Waals surface area (Å²) >= 11 is 0. The highest BCUT2D eigenvalue weighted by atomic mass is 19.1. The zero-order valence-electron chi connectivity index (χ0n) is 15.7. The van der Waals surface area contributed by atoms with E-state index in [0.717, 1.165) is 23.8 Å². The Hall–Kier alpha value is -1.87. The van der Waals surface area contributed by atoms with Crippen molar-refractivity contribution in [2.24, 2.45) is 5.92 Å². The predicted molar refractivity (Wildman–Crippen MR) is 105 cm³/mol. The first-order valence-electron chi connectivity index (χ1n) is 9.90. The van der Waals surface area contributed by atoms with Gasteiger partial charge >= 0.3 is 0 Å². The van der Waals surface area contributed by atoms with Gasteiger partial charge in [0.1, 0.15) is 18.2 Å². The first-order valence-corrected chi connectivity index (χ1v) is 9.90. The molecular weight excluding hydrogens is 325 g/mol. The number of halogens is 1. The number of rotatable bonds is 8. The van der Waals surface area contributed by atoms with E-state index in [2.05, 4.69) is 18.3 Å². The maximum atomic E-state index is 13.8. The normalized spacial score (nSPS) is 16.4. The zero-order chi connectivity index (χ0) is 18.2. The van der Waals surface area contributed by atoms with E-state index >= 15 is 0 Å². The van der Waals surface area contributed by atoms with Crippen LogP contribution in [0.4, 0.5) is 4.39 Å². The maximum Gasteiger partial charge on any atom is 0.129 e. The monoisotopic (exact) mass is 355 g/mol. The van der Waals surface area contributed by atoms with Crippen molar-refractivity contribution in [1.82, 2.24) is 5.32 Å². The largest absolute Gasteiger partial charge is 0.488 e. The highest BCUT2D eigenvalue weighted by Gasteiger charge is 2.16. The van der Waals surface area contributed by atoms with Crippen LogP contribution >= 0.6 is 0 Å². The Morgan fingerprint density at radius 2 is 1.69 bits per heavy atom. The third kappa shape index (κ3) is 5.57. The SMILES string of the molecule is CC(CC1CCCCC1)NCc1ccccc1OCc1ccccc1F. The Balaban J connectivity index is 1.52. The molecule has 140 valence electrons. The molecule has 0 aliphatic heterocycles. The molecule has 2 aromatic rings. The smallest absolute Gasteiger partial charge is 0.129 e. The van der Waals surface area contributed by atoms with Gasteiger partial charge in [-0.1, -0.05) is 68.5 Å². The van der Waals surface area contributed by atoms with Gasteiger partial charge in [0.25, 0.3) is 0 Å². The van der Waals surface area contributed by atoms with Gasteiger partial charge in [0.2, 0.25) is 0 Å². The number of ether oxygens (including phenoxy) is 1. The van der Waals surface area contributed by atoms with Gasteiger partial charge in [-0.3, -0.25) is 0 Å². The highest BCUT2D eigenvalue weighted by molar-refractivity contribution is 5.33. The van der Waals surface area contributed by atoms with Crippen molar-refractivity contribution in [2.45, 2.75) is 64.6 Å². The molecule has 2 nitrogen and oxygen atoms in total. The van der Waals surface area contributed by atoms with Crippen molar-refractivity contribution in [1.29, 1.82) is 0 Å². The number of nitrogens with one attached hydrogen (secondary N) is 1. The Labute approximate surface area is 156 Å². The van der Waals surface area contributed by atoms with Crippen molar-refractivity contribution < 1.29 is 9.13 Å². The van der Waals surface area contributed by atoms with E-state index in [-0.39, 0.29) is 12.4 Å². The molecule has 2 aromatic carbocycles. The minimum atomic E-state index is -0.218. The van der Waals surface area contributed by atoms with Crippen molar-refractivity contribution in [2.75, 3.05) is 0 Å². The molecule has 1 saturated carbocycles. The summed E-state index contributed by atoms with van der Waals surface area (Å²) in [6.45, 7) is 3.31. The topological polar surface area (TPSA) is 21.3 Å². The molecule has 0 amide bonds. The van der Waals surface area contributed by atoms with E-state index in [4.69, 9.17) is 4.74 Å². The molecule has 1 atom stereocenters. The van der Waals surface area contributed by atoms with E-state index in [1.807, 2.05) is 24.3 Å². The Bertz CT molecular complexity index is 681. The molecule has 0 bridgehead atoms. The van der Waals surface area contributed by atoms with E-state index in [0.29, 0.717) is 11.6 Å². The van der Waals surface area contributed by atoms with Crippen LogP contribution in [-0.4, -0.2) is 6.04 Å². The molecule has 3 rings (SSSR count). The molecule has 0 radical (unpaired) electrons. The van der Waals surface area contributed by atoms with E-state index in [9.17, 15) is 4.39 Å². The second-order valence-corrected chi connectivity index (χ2v) is 7.51. The fourth-order valence-electron chi connectivity index (χ4n) is 3.85. The van der Waals surface area contributed by atoms with Crippen molar-refractivity contribution in [3.63, 3.8) is 0 Å². The van der Waals surface area contributed by atoms with Crippen molar-refractivity contribution >= 4 is 0 Å². The summed E-state index contributed by atoms with van der Waals surface area (Å²) < 4.78 is 19.7. The highest BCUT2D eigenvalue weighted by Crippen LogP contribution is 2.27. The first-order chi connectivity index (χ1) is 12.7. The van der Waals surface area contributed by atoms with Crippen LogP contribution in [0.3, 0.4) is 0 Å². The predicted octanol–water partition coefficient (Wildman–Crippen LogP) is 5.85. The van der Waals surface area contributed by atoms with E-state index in [1.165, 1.54) is 44.6 Å². The van der Waals surface area contributed by atoms with Crippen molar-refractivity contribution in [3.05, 3.63) is 65.5 Å². The molecule has 1 aliphatic carbocycles. The van der Waals surface area contributed by atoms with Crippen LogP contribution < -0.4 is 10.1 Å². The number of hydrogen-bond donors (Lipinski definition) is 1. The first kappa shape index (κ1) is 18.9. The average molecular weight is 355 g/mol. The summed E-state index contributed by atoms with van der Waals surface area (Å²) in [6, 6.07) is 15.3. The molecule has 0 aromatic heterocycles. The summed E-state index contributed by atoms with van der Waals surface area (Å²) in [6.07, 6.45) is 8.21. The maximum absolute atomic E-state index is 13.8.